The number of rotatable bonds is 1. The minimum absolute atomic E-state index is 0.171. The third-order valence-electron chi connectivity index (χ3n) is 2.95. The fourth-order valence-corrected chi connectivity index (χ4v) is 1.99. The predicted molar refractivity (Wildman–Crippen MR) is 47.8 cm³/mol. The zero-order valence-corrected chi connectivity index (χ0v) is 7.53. The SMILES string of the molecule is C#CC(=O)N1CC(C2CCOC2)C1. The van der Waals surface area contributed by atoms with Gasteiger partial charge in [0.05, 0.1) is 0 Å². The van der Waals surface area contributed by atoms with E-state index in [4.69, 9.17) is 11.2 Å². The van der Waals surface area contributed by atoms with Gasteiger partial charge in [0, 0.05) is 26.3 Å². The molecule has 0 aromatic heterocycles. The summed E-state index contributed by atoms with van der Waals surface area (Å²) in [4.78, 5) is 12.7. The lowest BCUT2D eigenvalue weighted by atomic mass is 9.85. The third-order valence-corrected chi connectivity index (χ3v) is 2.95. The summed E-state index contributed by atoms with van der Waals surface area (Å²) in [6, 6.07) is 0. The highest BCUT2D eigenvalue weighted by Gasteiger charge is 2.36. The summed E-state index contributed by atoms with van der Waals surface area (Å²) >= 11 is 0. The molecule has 0 aliphatic carbocycles. The molecule has 0 bridgehead atoms. The molecule has 2 aliphatic rings. The molecule has 1 amide bonds. The van der Waals surface area contributed by atoms with Crippen LogP contribution in [0.2, 0.25) is 0 Å². The molecule has 3 heteroatoms. The first-order valence-corrected chi connectivity index (χ1v) is 4.64. The molecule has 13 heavy (non-hydrogen) atoms. The maximum atomic E-state index is 11.0. The average molecular weight is 179 g/mol. The second-order valence-electron chi connectivity index (χ2n) is 3.74. The summed E-state index contributed by atoms with van der Waals surface area (Å²) in [5.74, 6) is 3.24. The van der Waals surface area contributed by atoms with Crippen LogP contribution >= 0.6 is 0 Å². The Kier molecular flexibility index (Phi) is 2.24. The Hall–Kier alpha value is -1.01. The lowest BCUT2D eigenvalue weighted by Gasteiger charge is -2.40. The van der Waals surface area contributed by atoms with E-state index in [1.807, 2.05) is 0 Å². The van der Waals surface area contributed by atoms with Crippen LogP contribution in [0.4, 0.5) is 0 Å². The molecule has 1 atom stereocenters. The highest BCUT2D eigenvalue weighted by atomic mass is 16.5. The van der Waals surface area contributed by atoms with Crippen molar-refractivity contribution < 1.29 is 9.53 Å². The monoisotopic (exact) mass is 179 g/mol. The number of carbonyl (C=O) groups excluding carboxylic acids is 1. The Balaban J connectivity index is 1.78. The first kappa shape index (κ1) is 8.58. The maximum absolute atomic E-state index is 11.0. The Morgan fingerprint density at radius 3 is 2.77 bits per heavy atom. The zero-order valence-electron chi connectivity index (χ0n) is 7.53. The molecular formula is C10H13NO2. The molecule has 0 radical (unpaired) electrons. The minimum Gasteiger partial charge on any atom is -0.381 e. The van der Waals surface area contributed by atoms with Gasteiger partial charge in [-0.05, 0) is 24.2 Å². The molecule has 0 aromatic rings. The van der Waals surface area contributed by atoms with Gasteiger partial charge in [-0.2, -0.15) is 0 Å². The summed E-state index contributed by atoms with van der Waals surface area (Å²) in [6.07, 6.45) is 6.16. The van der Waals surface area contributed by atoms with E-state index >= 15 is 0 Å². The topological polar surface area (TPSA) is 29.5 Å². The average Bonchev–Trinajstić information content (AvgIpc) is 2.54. The van der Waals surface area contributed by atoms with Crippen LogP contribution in [-0.4, -0.2) is 37.1 Å². The van der Waals surface area contributed by atoms with Crippen molar-refractivity contribution in [2.24, 2.45) is 11.8 Å². The molecule has 0 N–H and O–H groups in total. The third kappa shape index (κ3) is 1.54. The van der Waals surface area contributed by atoms with Crippen LogP contribution in [-0.2, 0) is 9.53 Å². The van der Waals surface area contributed by atoms with Crippen molar-refractivity contribution in [1.82, 2.24) is 4.90 Å². The Morgan fingerprint density at radius 1 is 1.46 bits per heavy atom. The van der Waals surface area contributed by atoms with Crippen molar-refractivity contribution >= 4 is 5.91 Å². The summed E-state index contributed by atoms with van der Waals surface area (Å²) in [5, 5.41) is 0. The van der Waals surface area contributed by atoms with Crippen molar-refractivity contribution in [3.05, 3.63) is 0 Å². The number of hydrogen-bond acceptors (Lipinski definition) is 2. The van der Waals surface area contributed by atoms with Crippen LogP contribution in [0.15, 0.2) is 0 Å². The Bertz CT molecular complexity index is 244. The number of hydrogen-bond donors (Lipinski definition) is 0. The number of likely N-dealkylation sites (tertiary alicyclic amines) is 1. The first-order valence-electron chi connectivity index (χ1n) is 4.64. The summed E-state index contributed by atoms with van der Waals surface area (Å²) in [7, 11) is 0. The van der Waals surface area contributed by atoms with Gasteiger partial charge in [-0.25, -0.2) is 0 Å². The minimum atomic E-state index is -0.171. The van der Waals surface area contributed by atoms with Gasteiger partial charge in [-0.3, -0.25) is 4.79 Å². The van der Waals surface area contributed by atoms with Gasteiger partial charge >= 0.3 is 0 Å². The largest absolute Gasteiger partial charge is 0.381 e. The quantitative estimate of drug-likeness (QED) is 0.535. The molecule has 70 valence electrons. The van der Waals surface area contributed by atoms with Crippen LogP contribution in [0.1, 0.15) is 6.42 Å². The lowest BCUT2D eigenvalue weighted by molar-refractivity contribution is -0.132. The number of ether oxygens (including phenoxy) is 1. The Labute approximate surface area is 78.0 Å². The van der Waals surface area contributed by atoms with E-state index in [0.717, 1.165) is 32.7 Å². The van der Waals surface area contributed by atoms with Crippen LogP contribution in [0.25, 0.3) is 0 Å². The second-order valence-corrected chi connectivity index (χ2v) is 3.74. The second kappa shape index (κ2) is 3.39. The summed E-state index contributed by atoms with van der Waals surface area (Å²) in [5.41, 5.74) is 0. The van der Waals surface area contributed by atoms with Crippen molar-refractivity contribution in [1.29, 1.82) is 0 Å². The van der Waals surface area contributed by atoms with Crippen molar-refractivity contribution in [2.45, 2.75) is 6.42 Å². The normalized spacial score (nSPS) is 28.2. The molecule has 2 heterocycles. The van der Waals surface area contributed by atoms with Gasteiger partial charge in [0.2, 0.25) is 0 Å². The van der Waals surface area contributed by atoms with Crippen LogP contribution in [0, 0.1) is 24.2 Å². The van der Waals surface area contributed by atoms with Crippen LogP contribution in [0.5, 0.6) is 0 Å². The molecule has 2 fully saturated rings. The molecular weight excluding hydrogens is 166 g/mol. The molecule has 0 aromatic carbocycles. The summed E-state index contributed by atoms with van der Waals surface area (Å²) < 4.78 is 5.29. The van der Waals surface area contributed by atoms with E-state index in [1.54, 1.807) is 4.90 Å². The van der Waals surface area contributed by atoms with Gasteiger partial charge in [-0.1, -0.05) is 0 Å². The highest BCUT2D eigenvalue weighted by molar-refractivity contribution is 5.93. The smallest absolute Gasteiger partial charge is 0.298 e. The number of amides is 1. The molecule has 2 saturated heterocycles. The fourth-order valence-electron chi connectivity index (χ4n) is 1.99. The van der Waals surface area contributed by atoms with Gasteiger partial charge < -0.3 is 9.64 Å². The van der Waals surface area contributed by atoms with E-state index in [-0.39, 0.29) is 5.91 Å². The summed E-state index contributed by atoms with van der Waals surface area (Å²) in [6.45, 7) is 3.40. The van der Waals surface area contributed by atoms with E-state index in [1.165, 1.54) is 0 Å². The van der Waals surface area contributed by atoms with E-state index in [2.05, 4.69) is 5.92 Å². The van der Waals surface area contributed by atoms with E-state index in [0.29, 0.717) is 11.8 Å². The zero-order chi connectivity index (χ0) is 9.26. The van der Waals surface area contributed by atoms with Crippen molar-refractivity contribution in [3.63, 3.8) is 0 Å². The van der Waals surface area contributed by atoms with E-state index in [9.17, 15) is 4.79 Å². The molecule has 2 aliphatic heterocycles. The van der Waals surface area contributed by atoms with Crippen LogP contribution in [0.3, 0.4) is 0 Å². The highest BCUT2D eigenvalue weighted by Crippen LogP contribution is 2.29. The standard InChI is InChI=1S/C10H13NO2/c1-2-10(12)11-5-9(6-11)8-3-4-13-7-8/h1,8-9H,3-7H2. The Morgan fingerprint density at radius 2 is 2.23 bits per heavy atom. The molecule has 1 unspecified atom stereocenters. The van der Waals surface area contributed by atoms with E-state index < -0.39 is 0 Å². The molecule has 0 saturated carbocycles. The molecule has 3 nitrogen and oxygen atoms in total. The maximum Gasteiger partial charge on any atom is 0.298 e. The molecule has 0 spiro atoms. The molecule has 2 rings (SSSR count). The van der Waals surface area contributed by atoms with Crippen molar-refractivity contribution in [2.75, 3.05) is 26.3 Å². The number of terminal acetylenes is 1. The fraction of sp³-hybridized carbons (Fsp3) is 0.700. The van der Waals surface area contributed by atoms with Gasteiger partial charge in [0.1, 0.15) is 0 Å². The predicted octanol–water partition coefficient (Wildman–Crippen LogP) is 0.115. The van der Waals surface area contributed by atoms with Gasteiger partial charge in [0.15, 0.2) is 0 Å². The van der Waals surface area contributed by atoms with Gasteiger partial charge in [0.25, 0.3) is 5.91 Å². The first-order chi connectivity index (χ1) is 6.31. The number of carbonyl (C=O) groups is 1. The van der Waals surface area contributed by atoms with Crippen LogP contribution < -0.4 is 0 Å². The van der Waals surface area contributed by atoms with Crippen molar-refractivity contribution in [3.8, 4) is 12.3 Å². The van der Waals surface area contributed by atoms with Gasteiger partial charge in [-0.15, -0.1) is 6.42 Å². The lowest BCUT2D eigenvalue weighted by Crippen LogP contribution is -2.52. The number of nitrogens with zero attached hydrogens (tertiary/aromatic N) is 1.